The molecule has 1 aromatic heterocycles. The van der Waals surface area contributed by atoms with Crippen LogP contribution in [0.1, 0.15) is 66.1 Å². The Bertz CT molecular complexity index is 748. The molecule has 4 heteroatoms. The number of hydrogen-bond donors (Lipinski definition) is 1. The van der Waals surface area contributed by atoms with Crippen LogP contribution in [-0.2, 0) is 12.0 Å². The Hall–Kier alpha value is -2.10. The summed E-state index contributed by atoms with van der Waals surface area (Å²) in [5.41, 5.74) is 3.10. The van der Waals surface area contributed by atoms with Crippen LogP contribution in [0.3, 0.4) is 0 Å². The fourth-order valence-corrected chi connectivity index (χ4v) is 2.89. The second kappa shape index (κ2) is 5.59. The maximum absolute atomic E-state index is 11.8. The summed E-state index contributed by atoms with van der Waals surface area (Å²) in [6.45, 7) is 10.7. The van der Waals surface area contributed by atoms with Crippen molar-refractivity contribution in [1.29, 1.82) is 0 Å². The van der Waals surface area contributed by atoms with Crippen molar-refractivity contribution in [3.8, 4) is 0 Å². The lowest BCUT2D eigenvalue weighted by atomic mass is 9.85. The number of benzene rings is 1. The predicted octanol–water partition coefficient (Wildman–Crippen LogP) is 4.17. The first kappa shape index (κ1) is 16.3. The van der Waals surface area contributed by atoms with Gasteiger partial charge in [-0.05, 0) is 36.5 Å². The predicted molar refractivity (Wildman–Crippen MR) is 88.0 cm³/mol. The molecule has 0 spiro atoms. The van der Waals surface area contributed by atoms with Crippen LogP contribution >= 0.6 is 0 Å². The van der Waals surface area contributed by atoms with Crippen molar-refractivity contribution < 1.29 is 14.7 Å². The van der Waals surface area contributed by atoms with E-state index in [1.165, 1.54) is 0 Å². The first-order chi connectivity index (χ1) is 10.2. The van der Waals surface area contributed by atoms with Crippen molar-refractivity contribution in [2.45, 2.75) is 53.0 Å². The largest absolute Gasteiger partial charge is 0.478 e. The monoisotopic (exact) mass is 301 g/mol. The van der Waals surface area contributed by atoms with Gasteiger partial charge in [-0.15, -0.1) is 0 Å². The third-order valence-electron chi connectivity index (χ3n) is 4.13. The van der Waals surface area contributed by atoms with Gasteiger partial charge in [0.25, 0.3) is 0 Å². The maximum atomic E-state index is 11.8. The Kier molecular flexibility index (Phi) is 4.14. The van der Waals surface area contributed by atoms with Crippen molar-refractivity contribution in [2.24, 2.45) is 0 Å². The Morgan fingerprint density at radius 3 is 2.41 bits per heavy atom. The van der Waals surface area contributed by atoms with Gasteiger partial charge in [0.1, 0.15) is 0 Å². The molecule has 0 saturated carbocycles. The average molecular weight is 301 g/mol. The van der Waals surface area contributed by atoms with E-state index < -0.39 is 5.97 Å². The number of aldehydes is 1. The highest BCUT2D eigenvalue weighted by Gasteiger charge is 2.24. The molecule has 1 N–H and O–H groups in total. The Balaban J connectivity index is 2.99. The molecule has 0 amide bonds. The molecule has 0 aliphatic heterocycles. The molecule has 0 unspecified atom stereocenters. The molecule has 22 heavy (non-hydrogen) atoms. The van der Waals surface area contributed by atoms with Crippen molar-refractivity contribution >= 4 is 23.2 Å². The van der Waals surface area contributed by atoms with Crippen molar-refractivity contribution in [1.82, 2.24) is 4.57 Å². The molecular formula is C18H23NO3. The minimum absolute atomic E-state index is 0.181. The van der Waals surface area contributed by atoms with Gasteiger partial charge in [0, 0.05) is 23.2 Å². The highest BCUT2D eigenvalue weighted by atomic mass is 16.4. The van der Waals surface area contributed by atoms with Gasteiger partial charge in [-0.1, -0.05) is 27.7 Å². The zero-order valence-electron chi connectivity index (χ0n) is 13.9. The number of hydrogen-bond acceptors (Lipinski definition) is 2. The Morgan fingerprint density at radius 1 is 1.32 bits per heavy atom. The molecule has 2 aromatic rings. The molecule has 1 aromatic carbocycles. The van der Waals surface area contributed by atoms with Crippen LogP contribution in [0.5, 0.6) is 0 Å². The summed E-state index contributed by atoms with van der Waals surface area (Å²) in [7, 11) is 0. The summed E-state index contributed by atoms with van der Waals surface area (Å²) in [6, 6.07) is 3.70. The molecule has 2 rings (SSSR count). The number of carboxylic acids is 1. The first-order valence-electron chi connectivity index (χ1n) is 7.58. The van der Waals surface area contributed by atoms with Crippen LogP contribution in [0.15, 0.2) is 12.1 Å². The van der Waals surface area contributed by atoms with E-state index in [1.807, 2.05) is 45.3 Å². The fraction of sp³-hybridized carbons (Fsp3) is 0.444. The number of carboxylic acid groups (broad SMARTS) is 1. The van der Waals surface area contributed by atoms with Gasteiger partial charge < -0.3 is 9.67 Å². The van der Waals surface area contributed by atoms with Crippen molar-refractivity contribution in [2.75, 3.05) is 0 Å². The normalized spacial score (nSPS) is 11.9. The second-order valence-electron chi connectivity index (χ2n) is 6.74. The number of fused-ring (bicyclic) bond motifs is 1. The fourth-order valence-electron chi connectivity index (χ4n) is 2.89. The van der Waals surface area contributed by atoms with Crippen LogP contribution in [0, 0.1) is 6.92 Å². The minimum atomic E-state index is -0.955. The smallest absolute Gasteiger partial charge is 0.337 e. The average Bonchev–Trinajstić information content (AvgIpc) is 2.69. The third kappa shape index (κ3) is 2.54. The number of nitrogens with zero attached hydrogens (tertiary/aromatic N) is 1. The molecule has 0 radical (unpaired) electrons. The van der Waals surface area contributed by atoms with E-state index in [2.05, 4.69) is 0 Å². The van der Waals surface area contributed by atoms with Gasteiger partial charge in [-0.25, -0.2) is 4.79 Å². The number of carbonyl (C=O) groups is 2. The standard InChI is InChI=1S/C18H23NO3/c1-6-7-19-11(2)15(10-20)13-8-12(18(3,4)5)9-14(16(13)19)17(21)22/h8-10H,6-7H2,1-5H3,(H,21,22). The number of aromatic carboxylic acids is 1. The lowest BCUT2D eigenvalue weighted by Crippen LogP contribution is -2.13. The van der Waals surface area contributed by atoms with Crippen molar-refractivity contribution in [3.63, 3.8) is 0 Å². The van der Waals surface area contributed by atoms with Gasteiger partial charge in [0.2, 0.25) is 0 Å². The highest BCUT2D eigenvalue weighted by molar-refractivity contribution is 6.08. The van der Waals surface area contributed by atoms with Gasteiger partial charge in [-0.3, -0.25) is 4.79 Å². The lowest BCUT2D eigenvalue weighted by molar-refractivity contribution is 0.0698. The molecule has 4 nitrogen and oxygen atoms in total. The Labute approximate surface area is 130 Å². The van der Waals surface area contributed by atoms with E-state index in [1.54, 1.807) is 6.07 Å². The SMILES string of the molecule is CCCn1c(C)c(C=O)c2cc(C(C)(C)C)cc(C(=O)O)c21. The maximum Gasteiger partial charge on any atom is 0.337 e. The summed E-state index contributed by atoms with van der Waals surface area (Å²) in [5, 5.41) is 10.4. The number of aryl methyl sites for hydroxylation is 1. The van der Waals surface area contributed by atoms with Crippen LogP contribution in [0.2, 0.25) is 0 Å². The number of rotatable bonds is 4. The summed E-state index contributed by atoms with van der Waals surface area (Å²) >= 11 is 0. The molecule has 0 bridgehead atoms. The zero-order valence-corrected chi connectivity index (χ0v) is 13.9. The van der Waals surface area contributed by atoms with Crippen LogP contribution in [0.4, 0.5) is 0 Å². The Morgan fingerprint density at radius 2 is 1.95 bits per heavy atom. The summed E-state index contributed by atoms with van der Waals surface area (Å²) in [4.78, 5) is 23.3. The second-order valence-corrected chi connectivity index (χ2v) is 6.74. The quantitative estimate of drug-likeness (QED) is 0.862. The number of carbonyl (C=O) groups excluding carboxylic acids is 1. The lowest BCUT2D eigenvalue weighted by Gasteiger charge is -2.20. The molecule has 118 valence electrons. The summed E-state index contributed by atoms with van der Waals surface area (Å²) in [6.07, 6.45) is 1.71. The van der Waals surface area contributed by atoms with E-state index in [-0.39, 0.29) is 11.0 Å². The minimum Gasteiger partial charge on any atom is -0.478 e. The van der Waals surface area contributed by atoms with Gasteiger partial charge in [0.05, 0.1) is 11.1 Å². The highest BCUT2D eigenvalue weighted by Crippen LogP contribution is 2.33. The van der Waals surface area contributed by atoms with E-state index in [4.69, 9.17) is 0 Å². The van der Waals surface area contributed by atoms with E-state index in [0.29, 0.717) is 17.6 Å². The van der Waals surface area contributed by atoms with Crippen molar-refractivity contribution in [3.05, 3.63) is 34.5 Å². The molecule has 1 heterocycles. The molecule has 0 saturated heterocycles. The van der Waals surface area contributed by atoms with Crippen LogP contribution in [0.25, 0.3) is 10.9 Å². The van der Waals surface area contributed by atoms with E-state index in [0.717, 1.165) is 29.4 Å². The van der Waals surface area contributed by atoms with Crippen LogP contribution < -0.4 is 0 Å². The zero-order chi connectivity index (χ0) is 16.7. The van der Waals surface area contributed by atoms with Gasteiger partial charge >= 0.3 is 5.97 Å². The van der Waals surface area contributed by atoms with Crippen LogP contribution in [-0.4, -0.2) is 21.9 Å². The first-order valence-corrected chi connectivity index (χ1v) is 7.58. The van der Waals surface area contributed by atoms with E-state index in [9.17, 15) is 14.7 Å². The third-order valence-corrected chi connectivity index (χ3v) is 4.13. The van der Waals surface area contributed by atoms with E-state index >= 15 is 0 Å². The summed E-state index contributed by atoms with van der Waals surface area (Å²) < 4.78 is 1.95. The number of aromatic nitrogens is 1. The molecule has 0 fully saturated rings. The van der Waals surface area contributed by atoms with Gasteiger partial charge in [-0.2, -0.15) is 0 Å². The topological polar surface area (TPSA) is 59.3 Å². The molecule has 0 atom stereocenters. The molecule has 0 aliphatic rings. The summed E-state index contributed by atoms with van der Waals surface area (Å²) in [5.74, 6) is -0.955. The molecule has 0 aliphatic carbocycles. The van der Waals surface area contributed by atoms with Gasteiger partial charge in [0.15, 0.2) is 6.29 Å². The molecular weight excluding hydrogens is 278 g/mol.